The molecule has 7 nitrogen and oxygen atoms in total. The van der Waals surface area contributed by atoms with Gasteiger partial charge in [0.15, 0.2) is 12.7 Å². The minimum atomic E-state index is -0.757. The number of para-hydroxylation sites is 1. The molecule has 1 heterocycles. The molecule has 0 aromatic heterocycles. The molecule has 0 radical (unpaired) electrons. The van der Waals surface area contributed by atoms with E-state index in [1.807, 2.05) is 6.07 Å². The summed E-state index contributed by atoms with van der Waals surface area (Å²) >= 11 is 5.63. The lowest BCUT2D eigenvalue weighted by atomic mass is 9.44. The summed E-state index contributed by atoms with van der Waals surface area (Å²) in [6, 6.07) is 11.1. The zero-order chi connectivity index (χ0) is 22.5. The van der Waals surface area contributed by atoms with Crippen LogP contribution in [-0.2, 0) is 9.59 Å². The zero-order valence-electron chi connectivity index (χ0n) is 17.1. The summed E-state index contributed by atoms with van der Waals surface area (Å²) in [5.41, 5.74) is -0.0128. The fourth-order valence-electron chi connectivity index (χ4n) is 5.00. The van der Waals surface area contributed by atoms with Crippen LogP contribution in [0, 0.1) is 5.82 Å². The Bertz CT molecular complexity index is 1070. The lowest BCUT2D eigenvalue weighted by Gasteiger charge is -2.70. The van der Waals surface area contributed by atoms with E-state index in [0.29, 0.717) is 30.6 Å². The van der Waals surface area contributed by atoms with Gasteiger partial charge in [0.05, 0.1) is 11.1 Å². The molecule has 6 rings (SSSR count). The SMILES string of the molecule is O=C(COc1ccc(Cl)c(F)c1)NC12CC(NC(=O)C3CC(O)c4ccccc4O3)(C1)C2. The number of carbonyl (C=O) groups excluding carboxylic acids is 2. The van der Waals surface area contributed by atoms with Crippen LogP contribution in [0.4, 0.5) is 4.39 Å². The third-order valence-corrected chi connectivity index (χ3v) is 6.67. The van der Waals surface area contributed by atoms with E-state index in [1.165, 1.54) is 12.1 Å². The van der Waals surface area contributed by atoms with Crippen molar-refractivity contribution in [2.24, 2.45) is 0 Å². The van der Waals surface area contributed by atoms with Crippen molar-refractivity contribution >= 4 is 23.4 Å². The second kappa shape index (κ2) is 7.64. The number of rotatable bonds is 6. The van der Waals surface area contributed by atoms with Gasteiger partial charge in [-0.3, -0.25) is 9.59 Å². The largest absolute Gasteiger partial charge is 0.484 e. The predicted octanol–water partition coefficient (Wildman–Crippen LogP) is 2.65. The number of halogens is 2. The molecular formula is C23H22ClFN2O5. The second-order valence-corrected chi connectivity index (χ2v) is 9.30. The maximum Gasteiger partial charge on any atom is 0.261 e. The predicted molar refractivity (Wildman–Crippen MR) is 113 cm³/mol. The number of ether oxygens (including phenoxy) is 2. The van der Waals surface area contributed by atoms with Crippen LogP contribution in [0.1, 0.15) is 37.4 Å². The van der Waals surface area contributed by atoms with Crippen molar-refractivity contribution in [1.82, 2.24) is 10.6 Å². The Kier molecular flexibility index (Phi) is 5.02. The van der Waals surface area contributed by atoms with Gasteiger partial charge in [-0.15, -0.1) is 0 Å². The first-order valence-electron chi connectivity index (χ1n) is 10.4. The van der Waals surface area contributed by atoms with Crippen LogP contribution < -0.4 is 20.1 Å². The van der Waals surface area contributed by atoms with Crippen molar-refractivity contribution in [3.8, 4) is 11.5 Å². The highest BCUT2D eigenvalue weighted by atomic mass is 35.5. The molecule has 2 aromatic rings. The van der Waals surface area contributed by atoms with Crippen molar-refractivity contribution in [1.29, 1.82) is 0 Å². The number of carbonyl (C=O) groups is 2. The third-order valence-electron chi connectivity index (χ3n) is 6.36. The summed E-state index contributed by atoms with van der Waals surface area (Å²) in [6.45, 7) is -0.241. The number of fused-ring (bicyclic) bond motifs is 1. The number of aliphatic hydroxyl groups is 1. The molecule has 3 fully saturated rings. The summed E-state index contributed by atoms with van der Waals surface area (Å²) in [7, 11) is 0. The quantitative estimate of drug-likeness (QED) is 0.616. The molecule has 2 amide bonds. The van der Waals surface area contributed by atoms with Crippen molar-refractivity contribution < 1.29 is 28.6 Å². The molecule has 1 aliphatic heterocycles. The molecule has 4 aliphatic rings. The second-order valence-electron chi connectivity index (χ2n) is 8.89. The van der Waals surface area contributed by atoms with E-state index in [0.717, 1.165) is 6.07 Å². The van der Waals surface area contributed by atoms with Crippen molar-refractivity contribution in [3.63, 3.8) is 0 Å². The van der Waals surface area contributed by atoms with Crippen LogP contribution >= 0.6 is 11.6 Å². The van der Waals surface area contributed by atoms with Crippen molar-refractivity contribution in [2.45, 2.75) is 49.0 Å². The van der Waals surface area contributed by atoms with Gasteiger partial charge in [0, 0.05) is 29.1 Å². The highest BCUT2D eigenvalue weighted by Gasteiger charge is 2.69. The molecular weight excluding hydrogens is 439 g/mol. The molecule has 2 aromatic carbocycles. The first-order chi connectivity index (χ1) is 15.3. The van der Waals surface area contributed by atoms with E-state index in [4.69, 9.17) is 21.1 Å². The first kappa shape index (κ1) is 21.0. The Balaban J connectivity index is 1.09. The van der Waals surface area contributed by atoms with E-state index in [1.54, 1.807) is 18.2 Å². The summed E-state index contributed by atoms with van der Waals surface area (Å²) in [4.78, 5) is 25.0. The standard InChI is InChI=1S/C23H22ClFN2O5/c24-15-6-5-13(7-16(15)25)31-9-20(29)26-22-10-23(11-22,12-22)27-21(30)19-8-17(28)14-3-1-2-4-18(14)32-19/h1-7,17,19,28H,8-12H2,(H,26,29)(H,27,30). The molecule has 0 spiro atoms. The highest BCUT2D eigenvalue weighted by Crippen LogP contribution is 2.60. The molecule has 3 saturated carbocycles. The fourth-order valence-corrected chi connectivity index (χ4v) is 5.11. The lowest BCUT2D eigenvalue weighted by molar-refractivity contribution is -0.155. The van der Waals surface area contributed by atoms with Crippen LogP contribution in [0.15, 0.2) is 42.5 Å². The average Bonchev–Trinajstić information content (AvgIpc) is 2.72. The topological polar surface area (TPSA) is 96.9 Å². The molecule has 2 unspecified atom stereocenters. The van der Waals surface area contributed by atoms with Crippen LogP contribution in [0.25, 0.3) is 0 Å². The molecule has 0 saturated heterocycles. The van der Waals surface area contributed by atoms with Gasteiger partial charge in [-0.2, -0.15) is 0 Å². The zero-order valence-corrected chi connectivity index (χ0v) is 17.8. The van der Waals surface area contributed by atoms with Gasteiger partial charge in [0.1, 0.15) is 17.3 Å². The third kappa shape index (κ3) is 3.78. The van der Waals surface area contributed by atoms with Gasteiger partial charge in [0.25, 0.3) is 11.8 Å². The minimum absolute atomic E-state index is 0.0136. The molecule has 3 N–H and O–H groups in total. The van der Waals surface area contributed by atoms with Crippen LogP contribution in [0.5, 0.6) is 11.5 Å². The van der Waals surface area contributed by atoms with Crippen LogP contribution in [0.2, 0.25) is 5.02 Å². The smallest absolute Gasteiger partial charge is 0.261 e. The van der Waals surface area contributed by atoms with Gasteiger partial charge >= 0.3 is 0 Å². The van der Waals surface area contributed by atoms with Gasteiger partial charge in [-0.25, -0.2) is 4.39 Å². The van der Waals surface area contributed by atoms with E-state index >= 15 is 0 Å². The van der Waals surface area contributed by atoms with E-state index in [2.05, 4.69) is 10.6 Å². The first-order valence-corrected chi connectivity index (χ1v) is 10.8. The van der Waals surface area contributed by atoms with Crippen molar-refractivity contribution in [3.05, 3.63) is 58.9 Å². The average molecular weight is 461 g/mol. The highest BCUT2D eigenvalue weighted by molar-refractivity contribution is 6.30. The number of benzene rings is 2. The Hall–Kier alpha value is -2.84. The molecule has 2 atom stereocenters. The normalized spacial score (nSPS) is 29.5. The number of hydrogen-bond acceptors (Lipinski definition) is 5. The van der Waals surface area contributed by atoms with Gasteiger partial charge in [0.2, 0.25) is 0 Å². The monoisotopic (exact) mass is 460 g/mol. The van der Waals surface area contributed by atoms with Gasteiger partial charge in [-0.05, 0) is 37.5 Å². The molecule has 2 bridgehead atoms. The molecule has 168 valence electrons. The number of nitrogens with one attached hydrogen (secondary N) is 2. The maximum atomic E-state index is 13.5. The van der Waals surface area contributed by atoms with Crippen LogP contribution in [0.3, 0.4) is 0 Å². The molecule has 3 aliphatic carbocycles. The Morgan fingerprint density at radius 3 is 2.62 bits per heavy atom. The van der Waals surface area contributed by atoms with E-state index < -0.39 is 18.0 Å². The molecule has 32 heavy (non-hydrogen) atoms. The number of hydrogen-bond donors (Lipinski definition) is 3. The van der Waals surface area contributed by atoms with Gasteiger partial charge < -0.3 is 25.2 Å². The lowest BCUT2D eigenvalue weighted by Crippen LogP contribution is -2.84. The van der Waals surface area contributed by atoms with Crippen LogP contribution in [-0.4, -0.2) is 40.7 Å². The number of amides is 2. The van der Waals surface area contributed by atoms with Crippen molar-refractivity contribution in [2.75, 3.05) is 6.61 Å². The van der Waals surface area contributed by atoms with E-state index in [-0.39, 0.29) is 46.7 Å². The summed E-state index contributed by atoms with van der Waals surface area (Å²) in [6.07, 6.45) is 0.566. The summed E-state index contributed by atoms with van der Waals surface area (Å²) in [5.74, 6) is -0.436. The number of aliphatic hydroxyl groups excluding tert-OH is 1. The molecule has 9 heteroatoms. The Labute approximate surface area is 188 Å². The summed E-state index contributed by atoms with van der Waals surface area (Å²) in [5, 5.41) is 16.3. The maximum absolute atomic E-state index is 13.5. The van der Waals surface area contributed by atoms with Gasteiger partial charge in [-0.1, -0.05) is 29.8 Å². The van der Waals surface area contributed by atoms with E-state index in [9.17, 15) is 19.1 Å². The summed E-state index contributed by atoms with van der Waals surface area (Å²) < 4.78 is 24.6. The Morgan fingerprint density at radius 2 is 1.88 bits per heavy atom. The minimum Gasteiger partial charge on any atom is -0.484 e. The Morgan fingerprint density at radius 1 is 1.16 bits per heavy atom. The fraction of sp³-hybridized carbons (Fsp3) is 0.391.